The minimum absolute atomic E-state index is 0.819. The van der Waals surface area contributed by atoms with Gasteiger partial charge in [-0.3, -0.25) is 4.79 Å². The molecule has 2 heteroatoms. The Kier molecular flexibility index (Phi) is 0.633. The van der Waals surface area contributed by atoms with Crippen molar-refractivity contribution in [3.8, 4) is 0 Å². The molecule has 5 heavy (non-hydrogen) atoms. The molecule has 0 aliphatic rings. The zero-order valence-corrected chi connectivity index (χ0v) is 2.89. The summed E-state index contributed by atoms with van der Waals surface area (Å²) in [5.41, 5.74) is 0. The molecular formula is C3H6O2. The van der Waals surface area contributed by atoms with Crippen molar-refractivity contribution in [3.63, 3.8) is 0 Å². The molecule has 30 valence electrons. The van der Waals surface area contributed by atoms with Gasteiger partial charge in [0.2, 0.25) is 0 Å². The van der Waals surface area contributed by atoms with Gasteiger partial charge < -0.3 is 4.74 Å². The standard InChI is InChI=1S/C3H6O2/c1-3(4)5-2/h1-2H3/i1D2. The van der Waals surface area contributed by atoms with Gasteiger partial charge in [-0.25, -0.2) is 0 Å². The van der Waals surface area contributed by atoms with Gasteiger partial charge in [-0.2, -0.15) is 0 Å². The largest absolute Gasteiger partial charge is 0.469 e. The Morgan fingerprint density at radius 2 is 2.80 bits per heavy atom. The Labute approximate surface area is 33.6 Å². The summed E-state index contributed by atoms with van der Waals surface area (Å²) in [5.74, 6) is -0.819. The monoisotopic (exact) mass is 76.0 g/mol. The number of carbonyl (C=O) groups excluding carboxylic acids is 1. The van der Waals surface area contributed by atoms with Crippen LogP contribution >= 0.6 is 0 Å². The van der Waals surface area contributed by atoms with Crippen LogP contribution in [-0.4, -0.2) is 13.1 Å². The number of methoxy groups -OCH3 is 1. The van der Waals surface area contributed by atoms with Crippen LogP contribution in [0.3, 0.4) is 0 Å². The quantitative estimate of drug-likeness (QED) is 0.385. The Morgan fingerprint density at radius 3 is 2.80 bits per heavy atom. The molecule has 0 amide bonds. The minimum Gasteiger partial charge on any atom is -0.469 e. The maximum absolute atomic E-state index is 9.91. The second kappa shape index (κ2) is 1.76. The predicted molar refractivity (Wildman–Crippen MR) is 17.7 cm³/mol. The third kappa shape index (κ3) is 3.47. The molecule has 0 aromatic heterocycles. The highest BCUT2D eigenvalue weighted by Crippen LogP contribution is 1.60. The number of hydrogen-bond acceptors (Lipinski definition) is 2. The van der Waals surface area contributed by atoms with E-state index in [1.54, 1.807) is 0 Å². The fourth-order valence-electron chi connectivity index (χ4n) is 0. The average Bonchev–Trinajstić information content (AvgIpc) is 1.65. The third-order valence-electron chi connectivity index (χ3n) is 0.201. The number of hydrogen-bond donors (Lipinski definition) is 0. The van der Waals surface area contributed by atoms with Crippen LogP contribution in [0, 0.1) is 0 Å². The van der Waals surface area contributed by atoms with Gasteiger partial charge in [-0.15, -0.1) is 0 Å². The molecule has 0 radical (unpaired) electrons. The molecule has 0 bridgehead atoms. The van der Waals surface area contributed by atoms with Crippen molar-refractivity contribution in [1.82, 2.24) is 0 Å². The molecule has 0 N–H and O–H groups in total. The van der Waals surface area contributed by atoms with Crippen LogP contribution in [0.25, 0.3) is 0 Å². The van der Waals surface area contributed by atoms with Gasteiger partial charge in [-0.05, 0) is 0 Å². The summed E-state index contributed by atoms with van der Waals surface area (Å²) in [6, 6.07) is 0. The summed E-state index contributed by atoms with van der Waals surface area (Å²) in [7, 11) is 1.15. The maximum atomic E-state index is 9.91. The molecule has 0 spiro atoms. The molecule has 0 aliphatic heterocycles. The highest BCUT2D eigenvalue weighted by atomic mass is 16.5. The van der Waals surface area contributed by atoms with Gasteiger partial charge >= 0.3 is 5.97 Å². The first-order chi connectivity index (χ1) is 3.18. The highest BCUT2D eigenvalue weighted by molar-refractivity contribution is 5.65. The molecule has 0 saturated carbocycles. The molecule has 0 rings (SSSR count). The zero-order valence-electron chi connectivity index (χ0n) is 4.89. The summed E-state index contributed by atoms with van der Waals surface area (Å²) in [5, 5.41) is 0. The van der Waals surface area contributed by atoms with Gasteiger partial charge in [0, 0.05) is 9.62 Å². The van der Waals surface area contributed by atoms with Crippen molar-refractivity contribution in [2.24, 2.45) is 0 Å². The highest BCUT2D eigenvalue weighted by Gasteiger charge is 1.75. The van der Waals surface area contributed by atoms with E-state index in [2.05, 4.69) is 4.74 Å². The van der Waals surface area contributed by atoms with Crippen molar-refractivity contribution in [1.29, 1.82) is 0 Å². The van der Waals surface area contributed by atoms with Crippen molar-refractivity contribution in [2.75, 3.05) is 7.11 Å². The van der Waals surface area contributed by atoms with E-state index >= 15 is 0 Å². The van der Waals surface area contributed by atoms with E-state index in [4.69, 9.17) is 2.74 Å². The van der Waals surface area contributed by atoms with Crippen LogP contribution in [0.4, 0.5) is 0 Å². The number of carbonyl (C=O) groups is 1. The summed E-state index contributed by atoms with van der Waals surface area (Å²) < 4.78 is 16.7. The lowest BCUT2D eigenvalue weighted by Gasteiger charge is -1.80. The van der Waals surface area contributed by atoms with Crippen molar-refractivity contribution in [2.45, 2.75) is 6.88 Å². The van der Waals surface area contributed by atoms with Gasteiger partial charge in [0.25, 0.3) is 0 Å². The first kappa shape index (κ1) is 1.80. The second-order valence-electron chi connectivity index (χ2n) is 0.523. The molecule has 0 saturated heterocycles. The normalized spacial score (nSPS) is 13.2. The molecular weight excluding hydrogens is 68.0 g/mol. The van der Waals surface area contributed by atoms with Crippen LogP contribution < -0.4 is 0 Å². The third-order valence-corrected chi connectivity index (χ3v) is 0.201. The summed E-state index contributed by atoms with van der Waals surface area (Å²) in [6.45, 7) is -1.50. The van der Waals surface area contributed by atoms with E-state index in [-0.39, 0.29) is 0 Å². The van der Waals surface area contributed by atoms with Crippen LogP contribution in [0.1, 0.15) is 9.62 Å². The number of esters is 1. The Bertz CT molecular complexity index is 71.3. The number of rotatable bonds is 0. The first-order valence-corrected chi connectivity index (χ1v) is 1.11. The van der Waals surface area contributed by atoms with Gasteiger partial charge in [0.1, 0.15) is 0 Å². The van der Waals surface area contributed by atoms with Crippen molar-refractivity contribution < 1.29 is 12.3 Å². The van der Waals surface area contributed by atoms with Crippen LogP contribution in [-0.2, 0) is 9.53 Å². The molecule has 0 aromatic carbocycles. The predicted octanol–water partition coefficient (Wildman–Crippen LogP) is 0.179. The van der Waals surface area contributed by atoms with Crippen LogP contribution in [0.5, 0.6) is 0 Å². The lowest BCUT2D eigenvalue weighted by molar-refractivity contribution is -0.137. The fourth-order valence-corrected chi connectivity index (χ4v) is 0. The lowest BCUT2D eigenvalue weighted by Crippen LogP contribution is -1.88. The molecule has 0 atom stereocenters. The maximum Gasteiger partial charge on any atom is 0.302 e. The van der Waals surface area contributed by atoms with E-state index in [9.17, 15) is 4.79 Å². The Balaban J connectivity index is 3.35. The van der Waals surface area contributed by atoms with E-state index in [1.165, 1.54) is 0 Å². The smallest absolute Gasteiger partial charge is 0.302 e. The SMILES string of the molecule is [2H]C([2H])C(=O)OC. The molecule has 0 unspecified atom stereocenters. The van der Waals surface area contributed by atoms with Crippen LogP contribution in [0.2, 0.25) is 0 Å². The first-order valence-electron chi connectivity index (χ1n) is 2.26. The molecule has 0 heterocycles. The van der Waals surface area contributed by atoms with E-state index < -0.39 is 12.8 Å². The lowest BCUT2D eigenvalue weighted by atomic mass is 10.8. The summed E-state index contributed by atoms with van der Waals surface area (Å²) in [6.07, 6.45) is 0. The minimum atomic E-state index is -1.50. The van der Waals surface area contributed by atoms with Crippen LogP contribution in [0.15, 0.2) is 0 Å². The zero-order chi connectivity index (χ0) is 5.86. The topological polar surface area (TPSA) is 26.3 Å². The van der Waals surface area contributed by atoms with E-state index in [1.807, 2.05) is 0 Å². The summed E-state index contributed by atoms with van der Waals surface area (Å²) in [4.78, 5) is 9.91. The molecule has 0 fully saturated rings. The number of ether oxygens (including phenoxy) is 1. The van der Waals surface area contributed by atoms with E-state index in [0.29, 0.717) is 0 Å². The van der Waals surface area contributed by atoms with E-state index in [0.717, 1.165) is 7.11 Å². The molecule has 0 aromatic rings. The van der Waals surface area contributed by atoms with Gasteiger partial charge in [-0.1, -0.05) is 0 Å². The van der Waals surface area contributed by atoms with Crippen molar-refractivity contribution in [3.05, 3.63) is 0 Å². The molecule has 0 aliphatic carbocycles. The Hall–Kier alpha value is -0.530. The van der Waals surface area contributed by atoms with Gasteiger partial charge in [0.05, 0.1) is 7.11 Å². The van der Waals surface area contributed by atoms with Crippen molar-refractivity contribution >= 4 is 5.97 Å². The second-order valence-corrected chi connectivity index (χ2v) is 0.523. The van der Waals surface area contributed by atoms with Gasteiger partial charge in [0.15, 0.2) is 0 Å². The molecule has 2 nitrogen and oxygen atoms in total. The Morgan fingerprint density at radius 1 is 2.20 bits per heavy atom. The fraction of sp³-hybridized carbons (Fsp3) is 0.667. The average molecular weight is 76.1 g/mol. The summed E-state index contributed by atoms with van der Waals surface area (Å²) >= 11 is 0.